The Morgan fingerprint density at radius 1 is 1.50 bits per heavy atom. The van der Waals surface area contributed by atoms with E-state index in [1.54, 1.807) is 0 Å². The van der Waals surface area contributed by atoms with E-state index in [0.717, 1.165) is 0 Å². The Morgan fingerprint density at radius 2 is 2.20 bits per heavy atom. The van der Waals surface area contributed by atoms with Crippen LogP contribution in [0.2, 0.25) is 0 Å². The maximum Gasteiger partial charge on any atom is 0.280 e. The van der Waals surface area contributed by atoms with Crippen LogP contribution in [0.5, 0.6) is 0 Å². The maximum atomic E-state index is 10.5. The maximum absolute atomic E-state index is 10.5. The zero-order valence-corrected chi connectivity index (χ0v) is 6.30. The smallest absolute Gasteiger partial charge is 0.205 e. The fourth-order valence-electron chi connectivity index (χ4n) is 0.417. The Morgan fingerprint density at radius 3 is 2.50 bits per heavy atom. The average Bonchev–Trinajstić information content (AvgIpc) is 1.88. The van der Waals surface area contributed by atoms with Crippen molar-refractivity contribution in [1.29, 1.82) is 0 Å². The molecule has 4 nitrogen and oxygen atoms in total. The van der Waals surface area contributed by atoms with Crippen LogP contribution >= 0.6 is 10.7 Å². The van der Waals surface area contributed by atoms with Crippen LogP contribution in [0.25, 0.3) is 0 Å². The minimum Gasteiger partial charge on any atom is -0.205 e. The van der Waals surface area contributed by atoms with Crippen LogP contribution in [0.4, 0.5) is 0 Å². The first-order valence-electron chi connectivity index (χ1n) is 2.33. The quantitative estimate of drug-likeness (QED) is 0.585. The summed E-state index contributed by atoms with van der Waals surface area (Å²) in [4.78, 5) is 0. The van der Waals surface area contributed by atoms with Crippen molar-refractivity contribution in [3.63, 3.8) is 0 Å². The summed E-state index contributed by atoms with van der Waals surface area (Å²) in [5.74, 6) is 0. The fraction of sp³-hybridized carbons (Fsp3) is 0. The minimum absolute atomic E-state index is 0.225. The van der Waals surface area contributed by atoms with Gasteiger partial charge in [0.15, 0.2) is 5.03 Å². The molecule has 0 aliphatic carbocycles. The Labute approximate surface area is 62.3 Å². The Bertz CT molecular complexity index is 309. The molecule has 1 heterocycles. The lowest BCUT2D eigenvalue weighted by Gasteiger charge is -1.88. The van der Waals surface area contributed by atoms with Gasteiger partial charge in [0.2, 0.25) is 0 Å². The van der Waals surface area contributed by atoms with Gasteiger partial charge in [0, 0.05) is 16.9 Å². The summed E-state index contributed by atoms with van der Waals surface area (Å²) < 4.78 is 21.0. The fourth-order valence-corrected chi connectivity index (χ4v) is 1.05. The summed E-state index contributed by atoms with van der Waals surface area (Å²) in [5, 5.41) is 6.39. The third kappa shape index (κ3) is 1.65. The van der Waals surface area contributed by atoms with Gasteiger partial charge in [-0.1, -0.05) is 0 Å². The van der Waals surface area contributed by atoms with Gasteiger partial charge in [0.1, 0.15) is 0 Å². The number of nitrogens with zero attached hydrogens (tertiary/aromatic N) is 2. The predicted octanol–water partition coefficient (Wildman–Crippen LogP) is 0.404. The molecule has 0 saturated heterocycles. The second-order valence-corrected chi connectivity index (χ2v) is 4.01. The van der Waals surface area contributed by atoms with E-state index >= 15 is 0 Å². The van der Waals surface area contributed by atoms with E-state index in [2.05, 4.69) is 10.2 Å². The number of halogens is 1. The van der Waals surface area contributed by atoms with E-state index < -0.39 is 9.05 Å². The van der Waals surface area contributed by atoms with E-state index in [4.69, 9.17) is 10.7 Å². The Hall–Kier alpha value is -0.680. The molecule has 10 heavy (non-hydrogen) atoms. The molecule has 0 unspecified atom stereocenters. The summed E-state index contributed by atoms with van der Waals surface area (Å²) in [7, 11) is 1.22. The highest BCUT2D eigenvalue weighted by atomic mass is 35.7. The molecule has 0 aliphatic rings. The van der Waals surface area contributed by atoms with E-state index in [0.29, 0.717) is 0 Å². The third-order valence-corrected chi connectivity index (χ3v) is 1.99. The average molecular weight is 179 g/mol. The van der Waals surface area contributed by atoms with Gasteiger partial charge >= 0.3 is 0 Å². The van der Waals surface area contributed by atoms with Gasteiger partial charge in [-0.3, -0.25) is 0 Å². The van der Waals surface area contributed by atoms with Gasteiger partial charge in [-0.15, -0.1) is 5.10 Å². The molecular formula is C4H3ClN2O2S. The lowest BCUT2D eigenvalue weighted by molar-refractivity contribution is 0.604. The second kappa shape index (κ2) is 2.51. The highest BCUT2D eigenvalue weighted by molar-refractivity contribution is 8.13. The van der Waals surface area contributed by atoms with Crippen LogP contribution in [0.3, 0.4) is 0 Å². The van der Waals surface area contributed by atoms with Crippen molar-refractivity contribution in [1.82, 2.24) is 10.2 Å². The Kier molecular flexibility index (Phi) is 1.87. The normalized spacial score (nSPS) is 11.3. The van der Waals surface area contributed by atoms with Crippen LogP contribution < -0.4 is 0 Å². The second-order valence-electron chi connectivity index (χ2n) is 1.50. The van der Waals surface area contributed by atoms with Crippen molar-refractivity contribution in [2.45, 2.75) is 5.03 Å². The van der Waals surface area contributed by atoms with Gasteiger partial charge < -0.3 is 0 Å². The van der Waals surface area contributed by atoms with Crippen molar-refractivity contribution in [2.75, 3.05) is 0 Å². The molecule has 0 aromatic carbocycles. The molecule has 0 saturated carbocycles. The molecule has 0 aliphatic heterocycles. The van der Waals surface area contributed by atoms with Crippen molar-refractivity contribution in [3.05, 3.63) is 18.3 Å². The first-order chi connectivity index (χ1) is 4.61. The van der Waals surface area contributed by atoms with E-state index in [9.17, 15) is 8.42 Å². The standard InChI is InChI=1S/C4H3ClN2O2S/c5-10(8,9)4-2-1-3-6-7-4/h1-3H. The van der Waals surface area contributed by atoms with E-state index in [-0.39, 0.29) is 5.03 Å². The summed E-state index contributed by atoms with van der Waals surface area (Å²) in [5.41, 5.74) is 0. The van der Waals surface area contributed by atoms with Crippen molar-refractivity contribution < 1.29 is 8.42 Å². The number of aromatic nitrogens is 2. The van der Waals surface area contributed by atoms with Crippen molar-refractivity contribution in [2.24, 2.45) is 0 Å². The van der Waals surface area contributed by atoms with Crippen molar-refractivity contribution >= 4 is 19.7 Å². The number of rotatable bonds is 1. The summed E-state index contributed by atoms with van der Waals surface area (Å²) in [6.45, 7) is 0. The molecule has 0 atom stereocenters. The van der Waals surface area contributed by atoms with Crippen LogP contribution in [0.15, 0.2) is 23.4 Å². The third-order valence-electron chi connectivity index (χ3n) is 0.798. The van der Waals surface area contributed by atoms with Crippen molar-refractivity contribution in [3.8, 4) is 0 Å². The van der Waals surface area contributed by atoms with Gasteiger partial charge in [0.25, 0.3) is 9.05 Å². The molecular weight excluding hydrogens is 176 g/mol. The lowest BCUT2D eigenvalue weighted by Crippen LogP contribution is -1.94. The first-order valence-corrected chi connectivity index (χ1v) is 4.64. The molecule has 6 heteroatoms. The van der Waals surface area contributed by atoms with E-state index in [1.807, 2.05) is 0 Å². The zero-order chi connectivity index (χ0) is 7.61. The van der Waals surface area contributed by atoms with Gasteiger partial charge in [-0.25, -0.2) is 8.42 Å². The zero-order valence-electron chi connectivity index (χ0n) is 4.73. The molecule has 0 spiro atoms. The van der Waals surface area contributed by atoms with Gasteiger partial charge in [-0.2, -0.15) is 5.10 Å². The number of hydrogen-bond acceptors (Lipinski definition) is 4. The molecule has 0 N–H and O–H groups in total. The molecule has 0 radical (unpaired) electrons. The number of hydrogen-bond donors (Lipinski definition) is 0. The molecule has 0 bridgehead atoms. The molecule has 1 rings (SSSR count). The monoisotopic (exact) mass is 178 g/mol. The molecule has 1 aromatic rings. The summed E-state index contributed by atoms with van der Waals surface area (Å²) >= 11 is 0. The largest absolute Gasteiger partial charge is 0.280 e. The summed E-state index contributed by atoms with van der Waals surface area (Å²) in [6.07, 6.45) is 1.37. The van der Waals surface area contributed by atoms with Crippen LogP contribution in [0, 0.1) is 0 Å². The van der Waals surface area contributed by atoms with Crippen LogP contribution in [-0.4, -0.2) is 18.6 Å². The SMILES string of the molecule is O=S(=O)(Cl)c1cccnn1. The van der Waals surface area contributed by atoms with Gasteiger partial charge in [-0.05, 0) is 12.1 Å². The van der Waals surface area contributed by atoms with Crippen LogP contribution in [0.1, 0.15) is 0 Å². The van der Waals surface area contributed by atoms with E-state index in [1.165, 1.54) is 18.3 Å². The highest BCUT2D eigenvalue weighted by Crippen LogP contribution is 2.08. The first kappa shape index (κ1) is 7.43. The lowest BCUT2D eigenvalue weighted by atomic mass is 10.6. The summed E-state index contributed by atoms with van der Waals surface area (Å²) in [6, 6.07) is 2.72. The topological polar surface area (TPSA) is 59.9 Å². The molecule has 0 fully saturated rings. The molecule has 54 valence electrons. The van der Waals surface area contributed by atoms with Crippen LogP contribution in [-0.2, 0) is 9.05 Å². The molecule has 1 aromatic heterocycles. The Balaban J connectivity index is 3.22. The minimum atomic E-state index is -3.70. The predicted molar refractivity (Wildman–Crippen MR) is 35.1 cm³/mol. The highest BCUT2D eigenvalue weighted by Gasteiger charge is 2.09. The molecule has 0 amide bonds. The van der Waals surface area contributed by atoms with Gasteiger partial charge in [0.05, 0.1) is 0 Å².